The number of nitrogens with zero attached hydrogens (tertiary/aromatic N) is 1. The number of ether oxygens (including phenoxy) is 1. The van der Waals surface area contributed by atoms with Crippen LogP contribution in [-0.2, 0) is 26.1 Å². The molecule has 0 aliphatic carbocycles. The van der Waals surface area contributed by atoms with E-state index in [0.717, 1.165) is 37.2 Å². The highest BCUT2D eigenvalue weighted by molar-refractivity contribution is 5.95. The summed E-state index contributed by atoms with van der Waals surface area (Å²) in [4.78, 5) is 14.2. The Balaban J connectivity index is 1.14. The fourth-order valence-corrected chi connectivity index (χ4v) is 4.54. The van der Waals surface area contributed by atoms with Gasteiger partial charge < -0.3 is 9.64 Å². The third-order valence-electron chi connectivity index (χ3n) is 6.50. The first-order chi connectivity index (χ1) is 17.7. The van der Waals surface area contributed by atoms with Gasteiger partial charge in [0.25, 0.3) is 5.91 Å². The van der Waals surface area contributed by atoms with Crippen LogP contribution in [0.5, 0.6) is 5.75 Å². The molecule has 4 aromatic carbocycles. The maximum absolute atomic E-state index is 12.6. The number of nitrogens with one attached hydrogen (secondary N) is 2. The highest BCUT2D eigenvalue weighted by atomic mass is 16.5. The van der Waals surface area contributed by atoms with E-state index in [1.807, 2.05) is 78.9 Å². The zero-order valence-electron chi connectivity index (χ0n) is 20.2. The molecular formula is C31H30N3O2+. The molecule has 0 aromatic heterocycles. The molecule has 1 aliphatic rings. The van der Waals surface area contributed by atoms with Crippen LogP contribution in [0, 0.1) is 0 Å². The third-order valence-corrected chi connectivity index (χ3v) is 6.50. The van der Waals surface area contributed by atoms with E-state index in [2.05, 4.69) is 34.8 Å². The maximum Gasteiger partial charge on any atom is 0.271 e. The predicted octanol–water partition coefficient (Wildman–Crippen LogP) is 4.17. The van der Waals surface area contributed by atoms with Crippen molar-refractivity contribution in [3.63, 3.8) is 0 Å². The van der Waals surface area contributed by atoms with Gasteiger partial charge in [-0.25, -0.2) is 5.43 Å². The van der Waals surface area contributed by atoms with E-state index in [0.29, 0.717) is 17.9 Å². The lowest BCUT2D eigenvalue weighted by molar-refractivity contribution is -0.929. The zero-order valence-corrected chi connectivity index (χ0v) is 20.2. The van der Waals surface area contributed by atoms with Gasteiger partial charge in [-0.2, -0.15) is 5.10 Å². The molecule has 180 valence electrons. The van der Waals surface area contributed by atoms with E-state index in [1.165, 1.54) is 16.7 Å². The molecule has 1 amide bonds. The number of fused-ring (bicyclic) bond motifs is 1. The lowest BCUT2D eigenvalue weighted by Crippen LogP contribution is -3.10. The first kappa shape index (κ1) is 23.5. The number of hydrazone groups is 1. The van der Waals surface area contributed by atoms with Crippen molar-refractivity contribution in [2.24, 2.45) is 5.10 Å². The standard InChI is InChI=1S/C31H29N3O2/c35-31(33-32-20-28-11-6-7-13-30(28)36-23-25-8-2-1-3-9-25)27-16-14-24(15-17-27)21-34-19-18-26-10-4-5-12-29(26)22-34/h1-17,20H,18-19,21-23H2,(H,33,35)/p+1. The van der Waals surface area contributed by atoms with Gasteiger partial charge in [0.2, 0.25) is 0 Å². The Morgan fingerprint density at radius 1 is 0.833 bits per heavy atom. The highest BCUT2D eigenvalue weighted by Gasteiger charge is 2.19. The minimum Gasteiger partial charge on any atom is -0.488 e. The second-order valence-electron chi connectivity index (χ2n) is 9.08. The molecule has 1 aliphatic heterocycles. The first-order valence-corrected chi connectivity index (χ1v) is 12.3. The Hall–Kier alpha value is -4.22. The van der Waals surface area contributed by atoms with Crippen LogP contribution in [0.3, 0.4) is 0 Å². The van der Waals surface area contributed by atoms with Gasteiger partial charge in [0.05, 0.1) is 12.8 Å². The Labute approximate surface area is 212 Å². The SMILES string of the molecule is O=C(NN=Cc1ccccc1OCc1ccccc1)c1ccc(C[NH+]2CCc3ccccc3C2)cc1. The number of hydrogen-bond acceptors (Lipinski definition) is 3. The molecule has 1 heterocycles. The summed E-state index contributed by atoms with van der Waals surface area (Å²) in [6.07, 6.45) is 2.73. The quantitative estimate of drug-likeness (QED) is 0.296. The van der Waals surface area contributed by atoms with Gasteiger partial charge in [0.15, 0.2) is 0 Å². The van der Waals surface area contributed by atoms with Crippen LogP contribution in [0.15, 0.2) is 108 Å². The molecule has 0 radical (unpaired) electrons. The summed E-state index contributed by atoms with van der Waals surface area (Å²) in [6, 6.07) is 34.2. The molecule has 0 saturated heterocycles. The Bertz CT molecular complexity index is 1330. The van der Waals surface area contributed by atoms with Crippen molar-refractivity contribution in [1.82, 2.24) is 5.43 Å². The molecule has 5 heteroatoms. The summed E-state index contributed by atoms with van der Waals surface area (Å²) < 4.78 is 5.95. The maximum atomic E-state index is 12.6. The first-order valence-electron chi connectivity index (χ1n) is 12.3. The van der Waals surface area contributed by atoms with Crippen LogP contribution in [0.2, 0.25) is 0 Å². The predicted molar refractivity (Wildman–Crippen MR) is 142 cm³/mol. The molecule has 4 aromatic rings. The van der Waals surface area contributed by atoms with Crippen molar-refractivity contribution < 1.29 is 14.4 Å². The molecule has 0 bridgehead atoms. The average molecular weight is 477 g/mol. The minimum absolute atomic E-state index is 0.236. The van der Waals surface area contributed by atoms with Crippen LogP contribution in [0.4, 0.5) is 0 Å². The van der Waals surface area contributed by atoms with Gasteiger partial charge in [-0.05, 0) is 35.4 Å². The summed E-state index contributed by atoms with van der Waals surface area (Å²) in [5, 5.41) is 4.16. The number of rotatable bonds is 8. The Morgan fingerprint density at radius 2 is 1.56 bits per heavy atom. The summed E-state index contributed by atoms with van der Waals surface area (Å²) in [5.74, 6) is 0.478. The molecular weight excluding hydrogens is 446 g/mol. The number of quaternary nitrogens is 1. The summed E-state index contributed by atoms with van der Waals surface area (Å²) in [6.45, 7) is 3.60. The van der Waals surface area contributed by atoms with Crippen molar-refractivity contribution in [2.75, 3.05) is 6.54 Å². The summed E-state index contributed by atoms with van der Waals surface area (Å²) >= 11 is 0. The smallest absolute Gasteiger partial charge is 0.271 e. The largest absolute Gasteiger partial charge is 0.488 e. The van der Waals surface area contributed by atoms with Gasteiger partial charge in [-0.3, -0.25) is 4.79 Å². The summed E-state index contributed by atoms with van der Waals surface area (Å²) in [5.41, 5.74) is 9.25. The normalized spacial score (nSPS) is 14.8. The number of para-hydroxylation sites is 1. The van der Waals surface area contributed by atoms with Crippen molar-refractivity contribution in [3.8, 4) is 5.75 Å². The van der Waals surface area contributed by atoms with Crippen molar-refractivity contribution in [2.45, 2.75) is 26.1 Å². The van der Waals surface area contributed by atoms with Crippen LogP contribution < -0.4 is 15.1 Å². The monoisotopic (exact) mass is 476 g/mol. The number of benzene rings is 4. The van der Waals surface area contributed by atoms with E-state index in [1.54, 1.807) is 11.1 Å². The molecule has 0 spiro atoms. The van der Waals surface area contributed by atoms with Gasteiger partial charge in [0.1, 0.15) is 25.4 Å². The van der Waals surface area contributed by atoms with Crippen molar-refractivity contribution >= 4 is 12.1 Å². The number of hydrogen-bond donors (Lipinski definition) is 2. The molecule has 2 N–H and O–H groups in total. The minimum atomic E-state index is -0.236. The second kappa shape index (κ2) is 11.5. The van der Waals surface area contributed by atoms with E-state index in [9.17, 15) is 4.79 Å². The topological polar surface area (TPSA) is 55.1 Å². The molecule has 0 fully saturated rings. The van der Waals surface area contributed by atoms with Crippen molar-refractivity contribution in [3.05, 3.63) is 137 Å². The third kappa shape index (κ3) is 6.06. The van der Waals surface area contributed by atoms with E-state index in [-0.39, 0.29) is 5.91 Å². The van der Waals surface area contributed by atoms with Crippen LogP contribution in [-0.4, -0.2) is 18.7 Å². The van der Waals surface area contributed by atoms with Gasteiger partial charge in [-0.1, -0.05) is 78.9 Å². The molecule has 0 saturated carbocycles. The van der Waals surface area contributed by atoms with Gasteiger partial charge in [0, 0.05) is 28.7 Å². The van der Waals surface area contributed by atoms with Crippen LogP contribution in [0.25, 0.3) is 0 Å². The average Bonchev–Trinajstić information content (AvgIpc) is 2.93. The molecule has 5 rings (SSSR count). The molecule has 5 nitrogen and oxygen atoms in total. The fraction of sp³-hybridized carbons (Fsp3) is 0.161. The van der Waals surface area contributed by atoms with Crippen LogP contribution >= 0.6 is 0 Å². The van der Waals surface area contributed by atoms with Crippen LogP contribution in [0.1, 0.15) is 38.2 Å². The number of amides is 1. The number of carbonyl (C=O) groups excluding carboxylic acids is 1. The number of carbonyl (C=O) groups is 1. The molecule has 1 unspecified atom stereocenters. The van der Waals surface area contributed by atoms with E-state index < -0.39 is 0 Å². The zero-order chi connectivity index (χ0) is 24.6. The van der Waals surface area contributed by atoms with Crippen molar-refractivity contribution in [1.29, 1.82) is 0 Å². The summed E-state index contributed by atoms with van der Waals surface area (Å²) in [7, 11) is 0. The van der Waals surface area contributed by atoms with E-state index in [4.69, 9.17) is 4.74 Å². The Kier molecular flexibility index (Phi) is 7.49. The lowest BCUT2D eigenvalue weighted by atomic mass is 9.99. The Morgan fingerprint density at radius 3 is 2.39 bits per heavy atom. The lowest BCUT2D eigenvalue weighted by Gasteiger charge is -2.26. The molecule has 1 atom stereocenters. The second-order valence-corrected chi connectivity index (χ2v) is 9.08. The highest BCUT2D eigenvalue weighted by Crippen LogP contribution is 2.17. The fourth-order valence-electron chi connectivity index (χ4n) is 4.54. The molecule has 36 heavy (non-hydrogen) atoms. The van der Waals surface area contributed by atoms with Gasteiger partial charge in [-0.15, -0.1) is 0 Å². The van der Waals surface area contributed by atoms with Gasteiger partial charge >= 0.3 is 0 Å². The van der Waals surface area contributed by atoms with E-state index >= 15 is 0 Å².